The standard InChI is InChI=1S/C18H25N5O/c1-12(16-7-5-8-16)19-18(24)21-17-9-4-6-15(10-17)11-23-14(3)20-13(2)22-23/h4,6,9-10,12,16H,5,7-8,11H2,1-3H3,(H2,19,21,24)/t12-/m1/s1. The van der Waals surface area contributed by atoms with Crippen LogP contribution in [0.4, 0.5) is 10.5 Å². The van der Waals surface area contributed by atoms with Gasteiger partial charge in [-0.1, -0.05) is 18.6 Å². The number of benzene rings is 1. The summed E-state index contributed by atoms with van der Waals surface area (Å²) in [5.41, 5.74) is 1.87. The molecule has 0 unspecified atom stereocenters. The summed E-state index contributed by atoms with van der Waals surface area (Å²) in [5.74, 6) is 2.28. The van der Waals surface area contributed by atoms with Crippen LogP contribution in [0, 0.1) is 19.8 Å². The van der Waals surface area contributed by atoms with Gasteiger partial charge in [-0.25, -0.2) is 14.5 Å². The maximum Gasteiger partial charge on any atom is 0.319 e. The fourth-order valence-corrected chi connectivity index (χ4v) is 3.06. The van der Waals surface area contributed by atoms with Crippen LogP contribution in [-0.4, -0.2) is 26.8 Å². The molecule has 2 aromatic rings. The van der Waals surface area contributed by atoms with E-state index in [1.165, 1.54) is 19.3 Å². The highest BCUT2D eigenvalue weighted by Gasteiger charge is 2.24. The van der Waals surface area contributed by atoms with Crippen LogP contribution in [0.25, 0.3) is 0 Å². The van der Waals surface area contributed by atoms with Crippen molar-refractivity contribution < 1.29 is 4.79 Å². The molecule has 2 amide bonds. The lowest BCUT2D eigenvalue weighted by Gasteiger charge is -2.31. The predicted octanol–water partition coefficient (Wildman–Crippen LogP) is 3.25. The average Bonchev–Trinajstić information content (AvgIpc) is 2.74. The second-order valence-electron chi connectivity index (χ2n) is 6.64. The number of nitrogens with one attached hydrogen (secondary N) is 2. The first-order valence-electron chi connectivity index (χ1n) is 8.56. The molecule has 1 aromatic carbocycles. The second kappa shape index (κ2) is 7.03. The maximum atomic E-state index is 12.1. The van der Waals surface area contributed by atoms with Crippen LogP contribution in [-0.2, 0) is 6.54 Å². The lowest BCUT2D eigenvalue weighted by Crippen LogP contribution is -2.42. The number of hydrogen-bond acceptors (Lipinski definition) is 3. The molecule has 0 aliphatic heterocycles. The Morgan fingerprint density at radius 1 is 1.38 bits per heavy atom. The van der Waals surface area contributed by atoms with Gasteiger partial charge in [0.25, 0.3) is 0 Å². The molecule has 1 fully saturated rings. The number of aryl methyl sites for hydroxylation is 2. The summed E-state index contributed by atoms with van der Waals surface area (Å²) in [7, 11) is 0. The van der Waals surface area contributed by atoms with E-state index in [4.69, 9.17) is 0 Å². The van der Waals surface area contributed by atoms with Crippen LogP contribution in [0.3, 0.4) is 0 Å². The van der Waals surface area contributed by atoms with Crippen LogP contribution in [0.5, 0.6) is 0 Å². The van der Waals surface area contributed by atoms with Gasteiger partial charge in [-0.15, -0.1) is 0 Å². The van der Waals surface area contributed by atoms with Crippen LogP contribution in [0.15, 0.2) is 24.3 Å². The molecule has 0 spiro atoms. The Hall–Kier alpha value is -2.37. The molecule has 0 bridgehead atoms. The number of hydrogen-bond donors (Lipinski definition) is 2. The minimum Gasteiger partial charge on any atom is -0.335 e. The van der Waals surface area contributed by atoms with Crippen molar-refractivity contribution >= 4 is 11.7 Å². The van der Waals surface area contributed by atoms with Gasteiger partial charge in [-0.2, -0.15) is 5.10 Å². The Morgan fingerprint density at radius 3 is 2.79 bits per heavy atom. The topological polar surface area (TPSA) is 71.8 Å². The molecular formula is C18H25N5O. The van der Waals surface area contributed by atoms with Gasteiger partial charge in [0.05, 0.1) is 6.54 Å². The Balaban J connectivity index is 1.60. The molecule has 24 heavy (non-hydrogen) atoms. The number of aromatic nitrogens is 3. The van der Waals surface area contributed by atoms with Crippen molar-refractivity contribution in [2.75, 3.05) is 5.32 Å². The average molecular weight is 327 g/mol. The van der Waals surface area contributed by atoms with E-state index in [2.05, 4.69) is 27.6 Å². The summed E-state index contributed by atoms with van der Waals surface area (Å²) < 4.78 is 1.87. The van der Waals surface area contributed by atoms with Crippen molar-refractivity contribution in [3.8, 4) is 0 Å². The van der Waals surface area contributed by atoms with Crippen LogP contribution >= 0.6 is 0 Å². The first-order chi connectivity index (χ1) is 11.5. The second-order valence-corrected chi connectivity index (χ2v) is 6.64. The molecule has 1 atom stereocenters. The van der Waals surface area contributed by atoms with Gasteiger partial charge in [0.2, 0.25) is 0 Å². The van der Waals surface area contributed by atoms with E-state index in [0.717, 1.165) is 22.9 Å². The lowest BCUT2D eigenvalue weighted by molar-refractivity contribution is 0.222. The first-order valence-corrected chi connectivity index (χ1v) is 8.56. The van der Waals surface area contributed by atoms with E-state index in [0.29, 0.717) is 12.5 Å². The number of urea groups is 1. The van der Waals surface area contributed by atoms with Gasteiger partial charge in [-0.3, -0.25) is 0 Å². The quantitative estimate of drug-likeness (QED) is 0.885. The van der Waals surface area contributed by atoms with E-state index < -0.39 is 0 Å². The largest absolute Gasteiger partial charge is 0.335 e. The van der Waals surface area contributed by atoms with Crippen molar-refractivity contribution in [1.29, 1.82) is 0 Å². The minimum atomic E-state index is -0.140. The molecule has 1 aliphatic carbocycles. The predicted molar refractivity (Wildman–Crippen MR) is 94.0 cm³/mol. The number of amides is 2. The van der Waals surface area contributed by atoms with E-state index in [-0.39, 0.29) is 12.1 Å². The number of carbonyl (C=O) groups is 1. The van der Waals surface area contributed by atoms with Crippen molar-refractivity contribution in [1.82, 2.24) is 20.1 Å². The maximum absolute atomic E-state index is 12.1. The third kappa shape index (κ3) is 3.93. The fraction of sp³-hybridized carbons (Fsp3) is 0.500. The molecule has 0 radical (unpaired) electrons. The highest BCUT2D eigenvalue weighted by molar-refractivity contribution is 5.89. The zero-order valence-electron chi connectivity index (χ0n) is 14.5. The fourth-order valence-electron chi connectivity index (χ4n) is 3.06. The Labute approximate surface area is 142 Å². The zero-order chi connectivity index (χ0) is 17.1. The Kier molecular flexibility index (Phi) is 4.83. The smallest absolute Gasteiger partial charge is 0.319 e. The molecular weight excluding hydrogens is 302 g/mol. The molecule has 2 N–H and O–H groups in total. The summed E-state index contributed by atoms with van der Waals surface area (Å²) in [6, 6.07) is 7.93. The lowest BCUT2D eigenvalue weighted by atomic mass is 9.80. The molecule has 0 saturated heterocycles. The molecule has 128 valence electrons. The highest BCUT2D eigenvalue weighted by atomic mass is 16.2. The number of nitrogens with zero attached hydrogens (tertiary/aromatic N) is 3. The van der Waals surface area contributed by atoms with Gasteiger partial charge in [0.15, 0.2) is 0 Å². The van der Waals surface area contributed by atoms with E-state index in [1.54, 1.807) is 0 Å². The number of anilines is 1. The highest BCUT2D eigenvalue weighted by Crippen LogP contribution is 2.29. The van der Waals surface area contributed by atoms with E-state index >= 15 is 0 Å². The van der Waals surface area contributed by atoms with Gasteiger partial charge >= 0.3 is 6.03 Å². The number of rotatable bonds is 5. The number of carbonyl (C=O) groups excluding carboxylic acids is 1. The minimum absolute atomic E-state index is 0.140. The summed E-state index contributed by atoms with van der Waals surface area (Å²) in [6.45, 7) is 6.55. The first kappa shape index (κ1) is 16.5. The van der Waals surface area contributed by atoms with Gasteiger partial charge in [-0.05, 0) is 57.2 Å². The Bertz CT molecular complexity index is 720. The SMILES string of the molecule is Cc1nc(C)n(Cc2cccc(NC(=O)N[C@H](C)C3CCC3)c2)n1. The normalized spacial score (nSPS) is 15.6. The summed E-state index contributed by atoms with van der Waals surface area (Å²) in [4.78, 5) is 16.5. The summed E-state index contributed by atoms with van der Waals surface area (Å²) in [5, 5.41) is 10.3. The molecule has 1 heterocycles. The van der Waals surface area contributed by atoms with E-state index in [1.807, 2.05) is 42.8 Å². The summed E-state index contributed by atoms with van der Waals surface area (Å²) in [6.07, 6.45) is 3.71. The molecule has 6 heteroatoms. The third-order valence-electron chi connectivity index (χ3n) is 4.70. The van der Waals surface area contributed by atoms with Crippen molar-refractivity contribution in [2.24, 2.45) is 5.92 Å². The van der Waals surface area contributed by atoms with Crippen molar-refractivity contribution in [2.45, 2.75) is 52.6 Å². The van der Waals surface area contributed by atoms with Gasteiger partial charge < -0.3 is 10.6 Å². The molecule has 6 nitrogen and oxygen atoms in total. The van der Waals surface area contributed by atoms with Crippen LogP contribution < -0.4 is 10.6 Å². The third-order valence-corrected chi connectivity index (χ3v) is 4.70. The van der Waals surface area contributed by atoms with Gasteiger partial charge in [0, 0.05) is 11.7 Å². The zero-order valence-corrected chi connectivity index (χ0v) is 14.5. The molecule has 1 aliphatic rings. The van der Waals surface area contributed by atoms with Gasteiger partial charge in [0.1, 0.15) is 11.6 Å². The molecule has 1 saturated carbocycles. The molecule has 3 rings (SSSR count). The van der Waals surface area contributed by atoms with Crippen LogP contribution in [0.1, 0.15) is 43.4 Å². The van der Waals surface area contributed by atoms with Crippen LogP contribution in [0.2, 0.25) is 0 Å². The Morgan fingerprint density at radius 2 is 2.17 bits per heavy atom. The summed E-state index contributed by atoms with van der Waals surface area (Å²) >= 11 is 0. The van der Waals surface area contributed by atoms with Crippen molar-refractivity contribution in [3.63, 3.8) is 0 Å². The molecule has 1 aromatic heterocycles. The van der Waals surface area contributed by atoms with Crippen molar-refractivity contribution in [3.05, 3.63) is 41.5 Å². The monoisotopic (exact) mass is 327 g/mol. The van der Waals surface area contributed by atoms with E-state index in [9.17, 15) is 4.79 Å².